The Kier molecular flexibility index (Phi) is 5.63. The molecule has 0 saturated carbocycles. The number of hydrogen-bond acceptors (Lipinski definition) is 2. The predicted octanol–water partition coefficient (Wildman–Crippen LogP) is 6.15. The van der Waals surface area contributed by atoms with Gasteiger partial charge in [0.1, 0.15) is 24.7 Å². The Morgan fingerprint density at radius 2 is 1.12 bits per heavy atom. The summed E-state index contributed by atoms with van der Waals surface area (Å²) in [5, 5.41) is 1.20. The normalized spacial score (nSPS) is 10.4. The molecule has 2 nitrogen and oxygen atoms in total. The van der Waals surface area contributed by atoms with E-state index in [4.69, 9.17) is 32.7 Å². The molecule has 0 fully saturated rings. The molecule has 122 valence electrons. The number of halogens is 2. The second kappa shape index (κ2) is 8.09. The standard InChI is InChI=1S/C20H16Cl2O2/c21-19-7-4-8-20(22)18(19)14-24-17-11-9-16(10-12-17)23-13-15-5-2-1-3-6-15/h1-12H,13-14H2. The van der Waals surface area contributed by atoms with E-state index in [9.17, 15) is 0 Å². The van der Waals surface area contributed by atoms with E-state index in [1.54, 1.807) is 12.1 Å². The Bertz CT molecular complexity index is 766. The molecular weight excluding hydrogens is 343 g/mol. The summed E-state index contributed by atoms with van der Waals surface area (Å²) in [7, 11) is 0. The second-order valence-corrected chi connectivity index (χ2v) is 6.05. The first-order valence-corrected chi connectivity index (χ1v) is 8.30. The van der Waals surface area contributed by atoms with Crippen LogP contribution in [0.4, 0.5) is 0 Å². The van der Waals surface area contributed by atoms with Crippen LogP contribution in [0.15, 0.2) is 72.8 Å². The molecule has 0 atom stereocenters. The van der Waals surface area contributed by atoms with Crippen molar-refractivity contribution in [1.29, 1.82) is 0 Å². The van der Waals surface area contributed by atoms with Crippen molar-refractivity contribution in [2.45, 2.75) is 13.2 Å². The van der Waals surface area contributed by atoms with Crippen molar-refractivity contribution in [3.05, 3.63) is 94.0 Å². The van der Waals surface area contributed by atoms with Gasteiger partial charge < -0.3 is 9.47 Å². The summed E-state index contributed by atoms with van der Waals surface area (Å²) in [4.78, 5) is 0. The van der Waals surface area contributed by atoms with Crippen LogP contribution in [-0.2, 0) is 13.2 Å². The Balaban J connectivity index is 1.57. The van der Waals surface area contributed by atoms with E-state index in [0.717, 1.165) is 22.6 Å². The van der Waals surface area contributed by atoms with E-state index in [2.05, 4.69) is 0 Å². The number of rotatable bonds is 6. The summed E-state index contributed by atoms with van der Waals surface area (Å²) in [5.74, 6) is 1.53. The number of ether oxygens (including phenoxy) is 2. The topological polar surface area (TPSA) is 18.5 Å². The Hall–Kier alpha value is -2.16. The molecule has 3 aromatic rings. The van der Waals surface area contributed by atoms with Crippen LogP contribution in [-0.4, -0.2) is 0 Å². The highest BCUT2D eigenvalue weighted by molar-refractivity contribution is 6.35. The molecule has 0 aliphatic rings. The summed E-state index contributed by atoms with van der Waals surface area (Å²) < 4.78 is 11.5. The van der Waals surface area contributed by atoms with E-state index in [0.29, 0.717) is 23.3 Å². The first-order chi connectivity index (χ1) is 11.7. The van der Waals surface area contributed by atoms with E-state index < -0.39 is 0 Å². The molecule has 0 saturated heterocycles. The molecule has 0 aromatic heterocycles. The van der Waals surface area contributed by atoms with Gasteiger partial charge in [-0.15, -0.1) is 0 Å². The van der Waals surface area contributed by atoms with Crippen molar-refractivity contribution in [2.24, 2.45) is 0 Å². The first-order valence-electron chi connectivity index (χ1n) is 7.55. The van der Waals surface area contributed by atoms with Gasteiger partial charge in [0.25, 0.3) is 0 Å². The first kappa shape index (κ1) is 16.7. The van der Waals surface area contributed by atoms with Crippen molar-refractivity contribution in [3.8, 4) is 11.5 Å². The fourth-order valence-electron chi connectivity index (χ4n) is 2.20. The van der Waals surface area contributed by atoms with Gasteiger partial charge in [-0.3, -0.25) is 0 Å². The van der Waals surface area contributed by atoms with Crippen LogP contribution in [0.2, 0.25) is 10.0 Å². The van der Waals surface area contributed by atoms with Crippen molar-refractivity contribution in [3.63, 3.8) is 0 Å². The summed E-state index contributed by atoms with van der Waals surface area (Å²) in [6.45, 7) is 0.860. The quantitative estimate of drug-likeness (QED) is 0.525. The molecule has 3 rings (SSSR count). The summed E-state index contributed by atoms with van der Waals surface area (Å²) >= 11 is 12.3. The van der Waals surface area contributed by atoms with Crippen LogP contribution in [0.3, 0.4) is 0 Å². The average molecular weight is 359 g/mol. The van der Waals surface area contributed by atoms with Crippen molar-refractivity contribution in [1.82, 2.24) is 0 Å². The molecule has 0 unspecified atom stereocenters. The van der Waals surface area contributed by atoms with E-state index in [-0.39, 0.29) is 0 Å². The lowest BCUT2D eigenvalue weighted by atomic mass is 10.2. The average Bonchev–Trinajstić information content (AvgIpc) is 2.61. The van der Waals surface area contributed by atoms with Crippen LogP contribution in [0.1, 0.15) is 11.1 Å². The van der Waals surface area contributed by atoms with Crippen LogP contribution in [0, 0.1) is 0 Å². The minimum Gasteiger partial charge on any atom is -0.489 e. The van der Waals surface area contributed by atoms with Gasteiger partial charge in [-0.25, -0.2) is 0 Å². The molecule has 3 aromatic carbocycles. The van der Waals surface area contributed by atoms with Gasteiger partial charge in [-0.05, 0) is 42.0 Å². The van der Waals surface area contributed by atoms with Gasteiger partial charge >= 0.3 is 0 Å². The Morgan fingerprint density at radius 3 is 1.71 bits per heavy atom. The summed E-state index contributed by atoms with van der Waals surface area (Å²) in [5.41, 5.74) is 1.91. The molecule has 24 heavy (non-hydrogen) atoms. The van der Waals surface area contributed by atoms with Crippen LogP contribution < -0.4 is 9.47 Å². The predicted molar refractivity (Wildman–Crippen MR) is 98.0 cm³/mol. The van der Waals surface area contributed by atoms with Crippen LogP contribution in [0.25, 0.3) is 0 Å². The highest BCUT2D eigenvalue weighted by atomic mass is 35.5. The molecule has 0 amide bonds. The SMILES string of the molecule is Clc1cccc(Cl)c1COc1ccc(OCc2ccccc2)cc1. The van der Waals surface area contributed by atoms with E-state index in [1.807, 2.05) is 60.7 Å². The lowest BCUT2D eigenvalue weighted by molar-refractivity contribution is 0.297. The highest BCUT2D eigenvalue weighted by Gasteiger charge is 2.06. The number of benzene rings is 3. The smallest absolute Gasteiger partial charge is 0.120 e. The van der Waals surface area contributed by atoms with Crippen molar-refractivity contribution >= 4 is 23.2 Å². The van der Waals surface area contributed by atoms with E-state index in [1.165, 1.54) is 0 Å². The zero-order valence-corrected chi connectivity index (χ0v) is 14.4. The molecule has 0 aliphatic carbocycles. The van der Waals surface area contributed by atoms with Gasteiger partial charge in [0.05, 0.1) is 0 Å². The monoisotopic (exact) mass is 358 g/mol. The molecular formula is C20H16Cl2O2. The van der Waals surface area contributed by atoms with Crippen molar-refractivity contribution < 1.29 is 9.47 Å². The van der Waals surface area contributed by atoms with Crippen LogP contribution >= 0.6 is 23.2 Å². The highest BCUT2D eigenvalue weighted by Crippen LogP contribution is 2.26. The van der Waals surface area contributed by atoms with Gasteiger partial charge in [0, 0.05) is 15.6 Å². The minimum absolute atomic E-state index is 0.322. The Morgan fingerprint density at radius 1 is 0.583 bits per heavy atom. The van der Waals surface area contributed by atoms with Gasteiger partial charge in [0.2, 0.25) is 0 Å². The summed E-state index contributed by atoms with van der Waals surface area (Å²) in [6.07, 6.45) is 0. The van der Waals surface area contributed by atoms with Crippen LogP contribution in [0.5, 0.6) is 11.5 Å². The molecule has 0 spiro atoms. The maximum absolute atomic E-state index is 6.14. The van der Waals surface area contributed by atoms with Gasteiger partial charge in [0.15, 0.2) is 0 Å². The third-order valence-electron chi connectivity index (χ3n) is 3.52. The maximum atomic E-state index is 6.14. The van der Waals surface area contributed by atoms with Gasteiger partial charge in [-0.1, -0.05) is 59.6 Å². The molecule has 4 heteroatoms. The summed E-state index contributed by atoms with van der Waals surface area (Å²) in [6, 6.07) is 22.9. The molecule has 0 bridgehead atoms. The molecule has 0 aliphatic heterocycles. The third-order valence-corrected chi connectivity index (χ3v) is 4.23. The van der Waals surface area contributed by atoms with Crippen molar-refractivity contribution in [2.75, 3.05) is 0 Å². The zero-order chi connectivity index (χ0) is 16.8. The van der Waals surface area contributed by atoms with Gasteiger partial charge in [-0.2, -0.15) is 0 Å². The fourth-order valence-corrected chi connectivity index (χ4v) is 2.71. The lowest BCUT2D eigenvalue weighted by Crippen LogP contribution is -1.98. The lowest BCUT2D eigenvalue weighted by Gasteiger charge is -2.10. The molecule has 0 heterocycles. The third kappa shape index (κ3) is 4.44. The second-order valence-electron chi connectivity index (χ2n) is 5.23. The maximum Gasteiger partial charge on any atom is 0.120 e. The molecule has 0 radical (unpaired) electrons. The zero-order valence-electron chi connectivity index (χ0n) is 12.9. The Labute approximate surface area is 151 Å². The largest absolute Gasteiger partial charge is 0.489 e. The fraction of sp³-hybridized carbons (Fsp3) is 0.100. The van der Waals surface area contributed by atoms with E-state index >= 15 is 0 Å². The minimum atomic E-state index is 0.322. The molecule has 0 N–H and O–H groups in total. The number of hydrogen-bond donors (Lipinski definition) is 0.